The molecule has 5 unspecified atom stereocenters. The first-order valence-corrected chi connectivity index (χ1v) is 47.8. The lowest BCUT2D eigenvalue weighted by atomic mass is 9.99. The average Bonchev–Trinajstić information content (AvgIpc) is 0.903. The van der Waals surface area contributed by atoms with Gasteiger partial charge in [0.1, 0.15) is 19.3 Å². The highest BCUT2D eigenvalue weighted by atomic mass is 31.2. The van der Waals surface area contributed by atoms with Crippen LogP contribution in [0.15, 0.2) is 0 Å². The summed E-state index contributed by atoms with van der Waals surface area (Å²) in [4.78, 5) is 73.2. The predicted molar refractivity (Wildman–Crippen MR) is 437 cm³/mol. The van der Waals surface area contributed by atoms with Crippen LogP contribution in [0.25, 0.3) is 0 Å². The molecule has 0 fully saturated rings. The van der Waals surface area contributed by atoms with Crippen molar-refractivity contribution < 1.29 is 80.2 Å². The third-order valence-electron chi connectivity index (χ3n) is 21.0. The molecule has 0 radical (unpaired) electrons. The van der Waals surface area contributed by atoms with Crippen molar-refractivity contribution in [2.24, 2.45) is 23.7 Å². The molecule has 106 heavy (non-hydrogen) atoms. The van der Waals surface area contributed by atoms with Gasteiger partial charge >= 0.3 is 39.5 Å². The minimum Gasteiger partial charge on any atom is -0.462 e. The van der Waals surface area contributed by atoms with Crippen LogP contribution in [-0.2, 0) is 65.4 Å². The number of phosphoric ester groups is 2. The van der Waals surface area contributed by atoms with Crippen molar-refractivity contribution in [2.45, 2.75) is 472 Å². The summed E-state index contributed by atoms with van der Waals surface area (Å²) >= 11 is 0. The van der Waals surface area contributed by atoms with Gasteiger partial charge in [-0.2, -0.15) is 0 Å². The molecule has 7 atom stereocenters. The second-order valence-electron chi connectivity index (χ2n) is 32.7. The Hall–Kier alpha value is -1.94. The molecule has 0 spiro atoms. The van der Waals surface area contributed by atoms with E-state index in [9.17, 15) is 43.2 Å². The van der Waals surface area contributed by atoms with E-state index in [0.29, 0.717) is 31.6 Å². The largest absolute Gasteiger partial charge is 0.472 e. The molecule has 0 amide bonds. The van der Waals surface area contributed by atoms with Gasteiger partial charge in [0, 0.05) is 25.7 Å². The van der Waals surface area contributed by atoms with E-state index < -0.39 is 97.5 Å². The fourth-order valence-corrected chi connectivity index (χ4v) is 15.0. The van der Waals surface area contributed by atoms with E-state index in [0.717, 1.165) is 114 Å². The SMILES string of the molecule is CCC(C)CCCCCCCCCCCCCCCCCCCCC(=O)O[C@H](COC(=O)CCCCCCCCCC(C)C)COP(=O)(O)OCC(O)COP(=O)(O)OC[C@@H](COC(=O)CCCCCCCCCCCCCCCC(C)C)OC(=O)CCCCCCCCCCCCCCCCC(C)CC. The van der Waals surface area contributed by atoms with Gasteiger partial charge in [-0.05, 0) is 49.4 Å². The lowest BCUT2D eigenvalue weighted by molar-refractivity contribution is -0.161. The van der Waals surface area contributed by atoms with Gasteiger partial charge in [-0.3, -0.25) is 37.3 Å². The molecular weight excluding hydrogens is 1380 g/mol. The summed E-state index contributed by atoms with van der Waals surface area (Å²) in [5, 5.41) is 10.7. The molecule has 0 rings (SSSR count). The van der Waals surface area contributed by atoms with E-state index >= 15 is 0 Å². The summed E-state index contributed by atoms with van der Waals surface area (Å²) in [6, 6.07) is 0. The van der Waals surface area contributed by atoms with Gasteiger partial charge < -0.3 is 33.8 Å². The van der Waals surface area contributed by atoms with E-state index in [-0.39, 0.29) is 25.7 Å². The van der Waals surface area contributed by atoms with Gasteiger partial charge in [0.25, 0.3) is 0 Å². The van der Waals surface area contributed by atoms with Crippen LogP contribution in [0.4, 0.5) is 0 Å². The Bertz CT molecular complexity index is 2060. The molecule has 0 heterocycles. The molecule has 17 nitrogen and oxygen atoms in total. The Morgan fingerprint density at radius 1 is 0.264 bits per heavy atom. The molecule has 3 N–H and O–H groups in total. The first kappa shape index (κ1) is 104. The van der Waals surface area contributed by atoms with Crippen LogP contribution in [0.3, 0.4) is 0 Å². The van der Waals surface area contributed by atoms with Crippen LogP contribution in [0, 0.1) is 23.7 Å². The third kappa shape index (κ3) is 77.4. The van der Waals surface area contributed by atoms with Crippen LogP contribution in [-0.4, -0.2) is 96.7 Å². The van der Waals surface area contributed by atoms with Crippen molar-refractivity contribution in [3.8, 4) is 0 Å². The van der Waals surface area contributed by atoms with Crippen molar-refractivity contribution in [3.05, 3.63) is 0 Å². The molecule has 0 saturated carbocycles. The summed E-state index contributed by atoms with van der Waals surface area (Å²) in [5.41, 5.74) is 0. The number of carbonyl (C=O) groups is 4. The van der Waals surface area contributed by atoms with Crippen LogP contribution in [0.2, 0.25) is 0 Å². The minimum atomic E-state index is -4.97. The zero-order chi connectivity index (χ0) is 78.1. The van der Waals surface area contributed by atoms with Crippen molar-refractivity contribution in [1.82, 2.24) is 0 Å². The quantitative estimate of drug-likeness (QED) is 0.0222. The van der Waals surface area contributed by atoms with Gasteiger partial charge in [0.15, 0.2) is 12.2 Å². The molecule has 0 aliphatic heterocycles. The Labute approximate surface area is 651 Å². The van der Waals surface area contributed by atoms with Gasteiger partial charge in [0.05, 0.1) is 26.4 Å². The fourth-order valence-electron chi connectivity index (χ4n) is 13.4. The molecule has 19 heteroatoms. The maximum absolute atomic E-state index is 13.1. The lowest BCUT2D eigenvalue weighted by Crippen LogP contribution is -2.30. The molecule has 630 valence electrons. The molecule has 0 aromatic heterocycles. The Morgan fingerprint density at radius 2 is 0.453 bits per heavy atom. The first-order chi connectivity index (χ1) is 51.2. The zero-order valence-corrected chi connectivity index (χ0v) is 71.9. The summed E-state index contributed by atoms with van der Waals surface area (Å²) in [7, 11) is -9.93. The normalized spacial score (nSPS) is 14.4. The van der Waals surface area contributed by atoms with Gasteiger partial charge in [-0.15, -0.1) is 0 Å². The third-order valence-corrected chi connectivity index (χ3v) is 22.9. The van der Waals surface area contributed by atoms with Crippen molar-refractivity contribution in [1.29, 1.82) is 0 Å². The zero-order valence-electron chi connectivity index (χ0n) is 70.1. The lowest BCUT2D eigenvalue weighted by Gasteiger charge is -2.21. The number of rotatable bonds is 84. The second-order valence-corrected chi connectivity index (χ2v) is 35.6. The fraction of sp³-hybridized carbons (Fsp3) is 0.954. The number of hydrogen-bond acceptors (Lipinski definition) is 15. The van der Waals surface area contributed by atoms with E-state index in [1.165, 1.54) is 250 Å². The smallest absolute Gasteiger partial charge is 0.462 e. The van der Waals surface area contributed by atoms with Crippen LogP contribution in [0.5, 0.6) is 0 Å². The van der Waals surface area contributed by atoms with E-state index in [1.807, 2.05) is 0 Å². The molecular formula is C87H170O17P2. The topological polar surface area (TPSA) is 237 Å². The Kier molecular flexibility index (Phi) is 74.3. The number of aliphatic hydroxyl groups is 1. The number of esters is 4. The summed E-state index contributed by atoms with van der Waals surface area (Å²) in [6.45, 7) is 14.4. The number of carbonyl (C=O) groups excluding carboxylic acids is 4. The van der Waals surface area contributed by atoms with Crippen molar-refractivity contribution in [2.75, 3.05) is 39.6 Å². The van der Waals surface area contributed by atoms with Gasteiger partial charge in [0.2, 0.25) is 0 Å². The second kappa shape index (κ2) is 75.7. The summed E-state index contributed by atoms with van der Waals surface area (Å²) < 4.78 is 68.9. The highest BCUT2D eigenvalue weighted by Gasteiger charge is 2.31. The van der Waals surface area contributed by atoms with E-state index in [2.05, 4.69) is 55.4 Å². The summed E-state index contributed by atoms with van der Waals surface area (Å²) in [6.07, 6.45) is 65.2. The maximum atomic E-state index is 13.1. The van der Waals surface area contributed by atoms with Crippen LogP contribution < -0.4 is 0 Å². The highest BCUT2D eigenvalue weighted by Crippen LogP contribution is 2.45. The summed E-state index contributed by atoms with van der Waals surface area (Å²) in [5.74, 6) is 1.11. The Balaban J connectivity index is 5.21. The van der Waals surface area contributed by atoms with E-state index in [1.54, 1.807) is 0 Å². The predicted octanol–water partition coefficient (Wildman–Crippen LogP) is 26.3. The average molecular weight is 1550 g/mol. The standard InChI is InChI=1S/C87H170O17P2/c1-9-79(7)65-57-49-41-33-27-21-15-13-11-12-14-16-23-30-36-44-53-61-69-87(92)104-83(74-98-85(90)68-60-52-46-38-40-48-56-64-78(5)6)76-102-106(95,96)100-72-81(88)71-99-105(93,94)101-75-82(73-97-84(89)67-59-51-43-35-29-25-19-20-26-32-39-47-55-63-77(3)4)103-86(91)70-62-54-45-37-31-24-18-17-22-28-34-42-50-58-66-80(8)10-2/h77-83,88H,9-76H2,1-8H3,(H,93,94)(H,95,96)/t79?,80?,81?,82-,83-/m1/s1. The molecule has 0 aromatic rings. The van der Waals surface area contributed by atoms with Crippen molar-refractivity contribution >= 4 is 39.5 Å². The molecule has 0 bridgehead atoms. The molecule has 0 aliphatic rings. The Morgan fingerprint density at radius 3 is 0.670 bits per heavy atom. The number of aliphatic hydroxyl groups excluding tert-OH is 1. The molecule has 0 saturated heterocycles. The first-order valence-electron chi connectivity index (χ1n) is 44.8. The van der Waals surface area contributed by atoms with Crippen molar-refractivity contribution in [3.63, 3.8) is 0 Å². The monoisotopic (exact) mass is 1550 g/mol. The highest BCUT2D eigenvalue weighted by molar-refractivity contribution is 7.47. The van der Waals surface area contributed by atoms with Crippen LogP contribution in [0.1, 0.15) is 453 Å². The number of hydrogen-bond donors (Lipinski definition) is 3. The van der Waals surface area contributed by atoms with E-state index in [4.69, 9.17) is 37.0 Å². The number of unbranched alkanes of at least 4 members (excludes halogenated alkanes) is 48. The van der Waals surface area contributed by atoms with Crippen LogP contribution >= 0.6 is 15.6 Å². The van der Waals surface area contributed by atoms with Gasteiger partial charge in [-0.25, -0.2) is 9.13 Å². The number of phosphoric acid groups is 2. The molecule has 0 aliphatic carbocycles. The number of ether oxygens (including phenoxy) is 4. The maximum Gasteiger partial charge on any atom is 0.472 e. The minimum absolute atomic E-state index is 0.107. The van der Waals surface area contributed by atoms with Gasteiger partial charge in [-0.1, -0.05) is 402 Å². The molecule has 0 aromatic carbocycles.